The number of nitrogens with zero attached hydrogens (tertiary/aromatic N) is 7. The molecule has 0 fully saturated rings. The van der Waals surface area contributed by atoms with Crippen molar-refractivity contribution < 1.29 is 8.78 Å². The first kappa shape index (κ1) is 19.7. The Morgan fingerprint density at radius 2 is 2.03 bits per heavy atom. The molecular formula is C20H15F2IN8. The molecule has 0 spiro atoms. The van der Waals surface area contributed by atoms with Gasteiger partial charge in [0.15, 0.2) is 5.65 Å². The van der Waals surface area contributed by atoms with Crippen LogP contribution in [0.2, 0.25) is 0 Å². The maximum absolute atomic E-state index is 15.5. The molecule has 1 unspecified atom stereocenters. The lowest BCUT2D eigenvalue weighted by Crippen LogP contribution is -2.22. The number of halogens is 3. The largest absolute Gasteiger partial charge is 0.365 e. The summed E-state index contributed by atoms with van der Waals surface area (Å²) >= 11 is 2.13. The van der Waals surface area contributed by atoms with E-state index in [1.807, 2.05) is 0 Å². The SMILES string of the molecule is Cn1cc(-c2ccc3nnc(C(F)(F)c4cccc(C5N=CC(I)=CN5)c4)n3n2)cn1. The van der Waals surface area contributed by atoms with E-state index >= 15 is 8.78 Å². The number of nitrogens with one attached hydrogen (secondary N) is 1. The first-order valence-corrected chi connectivity index (χ1v) is 10.3. The van der Waals surface area contributed by atoms with E-state index < -0.39 is 17.9 Å². The minimum Gasteiger partial charge on any atom is -0.365 e. The van der Waals surface area contributed by atoms with E-state index in [0.717, 1.165) is 8.10 Å². The Morgan fingerprint density at radius 1 is 1.16 bits per heavy atom. The Balaban J connectivity index is 1.55. The highest BCUT2D eigenvalue weighted by molar-refractivity contribution is 14.1. The van der Waals surface area contributed by atoms with Crippen LogP contribution in [0.5, 0.6) is 0 Å². The molecule has 1 aliphatic heterocycles. The Hall–Kier alpha value is -3.22. The van der Waals surface area contributed by atoms with Crippen LogP contribution in [-0.2, 0) is 13.0 Å². The minimum absolute atomic E-state index is 0.214. The fourth-order valence-electron chi connectivity index (χ4n) is 3.29. The van der Waals surface area contributed by atoms with Crippen LogP contribution in [0.15, 0.2) is 63.6 Å². The number of alkyl halides is 2. The molecule has 0 bridgehead atoms. The summed E-state index contributed by atoms with van der Waals surface area (Å²) in [5.41, 5.74) is 1.84. The zero-order chi connectivity index (χ0) is 21.6. The van der Waals surface area contributed by atoms with Gasteiger partial charge in [-0.1, -0.05) is 18.2 Å². The lowest BCUT2D eigenvalue weighted by molar-refractivity contribution is 0.0305. The summed E-state index contributed by atoms with van der Waals surface area (Å²) in [6, 6.07) is 9.42. The molecule has 31 heavy (non-hydrogen) atoms. The summed E-state index contributed by atoms with van der Waals surface area (Å²) in [6.45, 7) is 0. The van der Waals surface area contributed by atoms with Crippen LogP contribution in [0.3, 0.4) is 0 Å². The second-order valence-corrected chi connectivity index (χ2v) is 8.24. The number of aryl methyl sites for hydroxylation is 1. The average Bonchev–Trinajstić information content (AvgIpc) is 3.40. The molecule has 1 aromatic carbocycles. The quantitative estimate of drug-likeness (QED) is 0.406. The molecule has 0 amide bonds. The lowest BCUT2D eigenvalue weighted by atomic mass is 10.0. The van der Waals surface area contributed by atoms with Gasteiger partial charge in [0.1, 0.15) is 6.17 Å². The van der Waals surface area contributed by atoms with Gasteiger partial charge in [0.25, 0.3) is 0 Å². The summed E-state index contributed by atoms with van der Waals surface area (Å²) in [4.78, 5) is 4.35. The van der Waals surface area contributed by atoms with Crippen molar-refractivity contribution in [2.75, 3.05) is 0 Å². The fraction of sp³-hybridized carbons (Fsp3) is 0.150. The van der Waals surface area contributed by atoms with E-state index in [1.165, 1.54) is 12.1 Å². The Bertz CT molecular complexity index is 1340. The Morgan fingerprint density at radius 3 is 2.77 bits per heavy atom. The molecule has 3 aromatic heterocycles. The molecular weight excluding hydrogens is 517 g/mol. The predicted molar refractivity (Wildman–Crippen MR) is 119 cm³/mol. The molecule has 4 heterocycles. The molecule has 1 atom stereocenters. The van der Waals surface area contributed by atoms with Crippen LogP contribution < -0.4 is 5.32 Å². The van der Waals surface area contributed by atoms with Crippen molar-refractivity contribution in [3.05, 3.63) is 75.5 Å². The number of hydrogen-bond acceptors (Lipinski definition) is 6. The van der Waals surface area contributed by atoms with Gasteiger partial charge in [0, 0.05) is 40.4 Å². The van der Waals surface area contributed by atoms with E-state index in [2.05, 4.69) is 53.3 Å². The molecule has 0 saturated carbocycles. The second-order valence-electron chi connectivity index (χ2n) is 6.99. The van der Waals surface area contributed by atoms with Gasteiger partial charge < -0.3 is 5.32 Å². The van der Waals surface area contributed by atoms with E-state index in [-0.39, 0.29) is 11.2 Å². The van der Waals surface area contributed by atoms with Gasteiger partial charge in [0.2, 0.25) is 5.82 Å². The summed E-state index contributed by atoms with van der Waals surface area (Å²) in [5.74, 6) is -3.97. The van der Waals surface area contributed by atoms with Crippen LogP contribution in [0.1, 0.15) is 23.1 Å². The van der Waals surface area contributed by atoms with Crippen LogP contribution >= 0.6 is 22.6 Å². The van der Waals surface area contributed by atoms with Crippen LogP contribution in [-0.4, -0.2) is 35.8 Å². The number of aromatic nitrogens is 6. The highest BCUT2D eigenvalue weighted by atomic mass is 127. The third kappa shape index (κ3) is 3.58. The molecule has 1 N–H and O–H groups in total. The van der Waals surface area contributed by atoms with Crippen LogP contribution in [0, 0.1) is 0 Å². The van der Waals surface area contributed by atoms with Crippen LogP contribution in [0.25, 0.3) is 16.9 Å². The first-order chi connectivity index (χ1) is 14.9. The number of benzene rings is 1. The smallest absolute Gasteiger partial charge is 0.333 e. The van der Waals surface area contributed by atoms with Gasteiger partial charge in [-0.2, -0.15) is 23.5 Å². The summed E-state index contributed by atoms with van der Waals surface area (Å²) in [6.07, 6.45) is 6.43. The Labute approximate surface area is 188 Å². The molecule has 156 valence electrons. The van der Waals surface area contributed by atoms with Crippen LogP contribution in [0.4, 0.5) is 8.78 Å². The molecule has 1 aliphatic rings. The first-order valence-electron chi connectivity index (χ1n) is 9.27. The Kier molecular flexibility index (Phi) is 4.76. The van der Waals surface area contributed by atoms with Crippen molar-refractivity contribution in [3.8, 4) is 11.3 Å². The number of hydrogen-bond donors (Lipinski definition) is 1. The van der Waals surface area contributed by atoms with E-state index in [9.17, 15) is 0 Å². The maximum atomic E-state index is 15.5. The third-order valence-electron chi connectivity index (χ3n) is 4.84. The number of aliphatic imine (C=N–C) groups is 1. The molecule has 0 radical (unpaired) electrons. The predicted octanol–water partition coefficient (Wildman–Crippen LogP) is 3.61. The monoisotopic (exact) mass is 532 g/mol. The lowest BCUT2D eigenvalue weighted by Gasteiger charge is -2.20. The molecule has 0 saturated heterocycles. The van der Waals surface area contributed by atoms with Crippen molar-refractivity contribution in [1.29, 1.82) is 0 Å². The van der Waals surface area contributed by atoms with Gasteiger partial charge in [-0.15, -0.1) is 10.2 Å². The minimum atomic E-state index is -3.42. The second kappa shape index (κ2) is 7.48. The highest BCUT2D eigenvalue weighted by Crippen LogP contribution is 2.36. The highest BCUT2D eigenvalue weighted by Gasteiger charge is 2.40. The zero-order valence-corrected chi connectivity index (χ0v) is 18.3. The van der Waals surface area contributed by atoms with E-state index in [4.69, 9.17) is 0 Å². The third-order valence-corrected chi connectivity index (χ3v) is 5.43. The van der Waals surface area contributed by atoms with Gasteiger partial charge in [-0.3, -0.25) is 9.67 Å². The van der Waals surface area contributed by atoms with Gasteiger partial charge in [-0.25, -0.2) is 0 Å². The van der Waals surface area contributed by atoms with E-state index in [1.54, 1.807) is 60.8 Å². The topological polar surface area (TPSA) is 85.3 Å². The summed E-state index contributed by atoms with van der Waals surface area (Å²) in [7, 11) is 1.77. The molecule has 8 nitrogen and oxygen atoms in total. The number of allylic oxidation sites excluding steroid dienone is 1. The van der Waals surface area contributed by atoms with Crippen molar-refractivity contribution in [3.63, 3.8) is 0 Å². The van der Waals surface area contributed by atoms with Gasteiger partial charge >= 0.3 is 5.92 Å². The van der Waals surface area contributed by atoms with Crippen molar-refractivity contribution in [1.82, 2.24) is 34.9 Å². The summed E-state index contributed by atoms with van der Waals surface area (Å²) < 4.78 is 34.7. The molecule has 5 rings (SSSR count). The van der Waals surface area contributed by atoms with Gasteiger partial charge in [-0.05, 0) is 46.4 Å². The summed E-state index contributed by atoms with van der Waals surface area (Å²) in [5, 5.41) is 19.2. The van der Waals surface area contributed by atoms with E-state index in [0.29, 0.717) is 16.8 Å². The number of rotatable bonds is 4. The molecule has 0 aliphatic carbocycles. The maximum Gasteiger partial charge on any atom is 0.333 e. The standard InChI is InChI=1S/C20H15F2IN8/c1-30-11-13(8-26-30)16-5-6-17-27-28-19(31(17)29-16)20(21,22)14-4-2-3-12(7-14)18-24-9-15(23)10-25-18/h2-11,18,24H,1H3. The average molecular weight is 532 g/mol. The van der Waals surface area contributed by atoms with Gasteiger partial charge in [0.05, 0.1) is 11.9 Å². The van der Waals surface area contributed by atoms with Crippen molar-refractivity contribution in [2.24, 2.45) is 12.0 Å². The van der Waals surface area contributed by atoms with Crippen molar-refractivity contribution in [2.45, 2.75) is 12.1 Å². The zero-order valence-electron chi connectivity index (χ0n) is 16.1. The van der Waals surface area contributed by atoms with Crippen molar-refractivity contribution >= 4 is 34.5 Å². The molecule has 4 aromatic rings. The fourth-order valence-corrected chi connectivity index (χ4v) is 3.63. The molecule has 11 heteroatoms. The number of fused-ring (bicyclic) bond motifs is 1. The normalized spacial score (nSPS) is 16.4.